The summed E-state index contributed by atoms with van der Waals surface area (Å²) in [5.41, 5.74) is 3.40. The minimum absolute atomic E-state index is 0.619. The Hall–Kier alpha value is -2.21. The average Bonchev–Trinajstić information content (AvgIpc) is 3.04. The predicted octanol–water partition coefficient (Wildman–Crippen LogP) is 3.16. The molecule has 0 unspecified atom stereocenters. The third-order valence-corrected chi connectivity index (χ3v) is 4.37. The predicted molar refractivity (Wildman–Crippen MR) is 83.4 cm³/mol. The first-order valence-electron chi connectivity index (χ1n) is 6.59. The van der Waals surface area contributed by atoms with E-state index >= 15 is 0 Å². The third-order valence-electron chi connectivity index (χ3n) is 3.38. The fourth-order valence-corrected chi connectivity index (χ4v) is 3.02. The van der Waals surface area contributed by atoms with E-state index in [1.165, 1.54) is 15.8 Å². The van der Waals surface area contributed by atoms with Crippen molar-refractivity contribution in [1.29, 1.82) is 0 Å². The van der Waals surface area contributed by atoms with Gasteiger partial charge in [0, 0.05) is 5.75 Å². The van der Waals surface area contributed by atoms with Crippen LogP contribution in [0, 0.1) is 13.8 Å². The number of benzene rings is 1. The molecule has 0 atom stereocenters. The number of rotatable bonds is 4. The molecule has 0 radical (unpaired) electrons. The summed E-state index contributed by atoms with van der Waals surface area (Å²) in [6.07, 6.45) is 1.62. The van der Waals surface area contributed by atoms with Crippen molar-refractivity contribution in [2.24, 2.45) is 0 Å². The van der Waals surface area contributed by atoms with E-state index in [0.29, 0.717) is 11.0 Å². The van der Waals surface area contributed by atoms with E-state index in [-0.39, 0.29) is 0 Å². The molecule has 2 N–H and O–H groups in total. The fourth-order valence-electron chi connectivity index (χ4n) is 2.09. The van der Waals surface area contributed by atoms with Crippen molar-refractivity contribution in [3.8, 4) is 11.4 Å². The van der Waals surface area contributed by atoms with Gasteiger partial charge >= 0.3 is 0 Å². The smallest absolute Gasteiger partial charge is 0.210 e. The van der Waals surface area contributed by atoms with Crippen LogP contribution in [0.4, 0.5) is 0 Å². The van der Waals surface area contributed by atoms with Gasteiger partial charge in [-0.3, -0.25) is 0 Å². The van der Waals surface area contributed by atoms with Crippen LogP contribution in [0.25, 0.3) is 11.4 Å². The van der Waals surface area contributed by atoms with Gasteiger partial charge in [-0.1, -0.05) is 36.0 Å². The Bertz CT molecular complexity index is 763. The van der Waals surface area contributed by atoms with Gasteiger partial charge in [-0.25, -0.2) is 4.68 Å². The van der Waals surface area contributed by atoms with E-state index in [9.17, 15) is 0 Å². The molecule has 0 saturated heterocycles. The van der Waals surface area contributed by atoms with Gasteiger partial charge in [-0.05, 0) is 31.0 Å². The molecule has 0 bridgehead atoms. The molecule has 2 heterocycles. The molecule has 0 fully saturated rings. The molecule has 3 aromatic rings. The second kappa shape index (κ2) is 5.65. The van der Waals surface area contributed by atoms with Crippen molar-refractivity contribution in [1.82, 2.24) is 14.9 Å². The van der Waals surface area contributed by atoms with Gasteiger partial charge in [0.15, 0.2) is 5.82 Å². The molecule has 5 nitrogen and oxygen atoms in total. The number of hydrogen-bond acceptors (Lipinski definition) is 5. The van der Waals surface area contributed by atoms with E-state index in [0.717, 1.165) is 17.1 Å². The molecule has 0 aliphatic heterocycles. The number of furan rings is 1. The molecular formula is C15H16N4OS. The van der Waals surface area contributed by atoms with Crippen LogP contribution in [0.2, 0.25) is 0 Å². The Labute approximate surface area is 127 Å². The zero-order valence-electron chi connectivity index (χ0n) is 11.9. The van der Waals surface area contributed by atoms with Gasteiger partial charge in [0.05, 0.1) is 11.8 Å². The van der Waals surface area contributed by atoms with Crippen LogP contribution in [0.15, 0.2) is 46.2 Å². The van der Waals surface area contributed by atoms with Crippen LogP contribution in [0.3, 0.4) is 0 Å². The van der Waals surface area contributed by atoms with Crippen LogP contribution in [-0.2, 0) is 5.75 Å². The maximum atomic E-state index is 6.09. The number of nitrogens with two attached hydrogens (primary N) is 1. The van der Waals surface area contributed by atoms with Crippen molar-refractivity contribution in [3.63, 3.8) is 0 Å². The second-order valence-electron chi connectivity index (χ2n) is 4.78. The summed E-state index contributed by atoms with van der Waals surface area (Å²) in [6, 6.07) is 10.1. The Kier molecular flexibility index (Phi) is 3.70. The lowest BCUT2D eigenvalue weighted by Crippen LogP contribution is -2.11. The monoisotopic (exact) mass is 300 g/mol. The van der Waals surface area contributed by atoms with Crippen LogP contribution in [0.1, 0.15) is 16.9 Å². The summed E-state index contributed by atoms with van der Waals surface area (Å²) in [6.45, 7) is 3.98. The SMILES string of the molecule is Cc1ccccc1CSc1nnc(-c2ccoc2C)n1N. The molecule has 108 valence electrons. The lowest BCUT2D eigenvalue weighted by Gasteiger charge is -2.05. The summed E-state index contributed by atoms with van der Waals surface area (Å²) in [5, 5.41) is 9.02. The van der Waals surface area contributed by atoms with E-state index in [1.54, 1.807) is 18.0 Å². The molecule has 0 spiro atoms. The van der Waals surface area contributed by atoms with Crippen molar-refractivity contribution in [2.45, 2.75) is 24.8 Å². The normalized spacial score (nSPS) is 11.0. The Morgan fingerprint density at radius 1 is 1.19 bits per heavy atom. The van der Waals surface area contributed by atoms with Gasteiger partial charge < -0.3 is 10.3 Å². The van der Waals surface area contributed by atoms with Crippen LogP contribution in [0.5, 0.6) is 0 Å². The summed E-state index contributed by atoms with van der Waals surface area (Å²) >= 11 is 1.57. The number of thioether (sulfide) groups is 1. The van der Waals surface area contributed by atoms with Crippen molar-refractivity contribution in [3.05, 3.63) is 53.5 Å². The van der Waals surface area contributed by atoms with Crippen molar-refractivity contribution in [2.75, 3.05) is 5.84 Å². The number of aryl methyl sites for hydroxylation is 2. The first-order chi connectivity index (χ1) is 10.2. The van der Waals surface area contributed by atoms with E-state index in [1.807, 2.05) is 25.1 Å². The first-order valence-corrected chi connectivity index (χ1v) is 7.57. The molecule has 1 aromatic carbocycles. The summed E-state index contributed by atoms with van der Waals surface area (Å²) < 4.78 is 6.80. The zero-order chi connectivity index (χ0) is 14.8. The third kappa shape index (κ3) is 2.67. The largest absolute Gasteiger partial charge is 0.469 e. The van der Waals surface area contributed by atoms with Crippen LogP contribution in [-0.4, -0.2) is 14.9 Å². The Morgan fingerprint density at radius 2 is 2.00 bits per heavy atom. The highest BCUT2D eigenvalue weighted by molar-refractivity contribution is 7.98. The molecule has 0 aliphatic carbocycles. The maximum absolute atomic E-state index is 6.09. The van der Waals surface area contributed by atoms with Crippen molar-refractivity contribution < 1.29 is 4.42 Å². The summed E-state index contributed by atoms with van der Waals surface area (Å²) in [7, 11) is 0. The molecule has 0 amide bonds. The number of nitrogens with zero attached hydrogens (tertiary/aromatic N) is 3. The highest BCUT2D eigenvalue weighted by Crippen LogP contribution is 2.27. The quantitative estimate of drug-likeness (QED) is 0.592. The minimum Gasteiger partial charge on any atom is -0.469 e. The minimum atomic E-state index is 0.619. The lowest BCUT2D eigenvalue weighted by molar-refractivity contribution is 0.535. The average molecular weight is 300 g/mol. The zero-order valence-corrected chi connectivity index (χ0v) is 12.7. The molecular weight excluding hydrogens is 284 g/mol. The van der Waals surface area contributed by atoms with Gasteiger partial charge in [-0.2, -0.15) is 0 Å². The van der Waals surface area contributed by atoms with Crippen molar-refractivity contribution >= 4 is 11.8 Å². The van der Waals surface area contributed by atoms with E-state index in [4.69, 9.17) is 10.3 Å². The molecule has 21 heavy (non-hydrogen) atoms. The fraction of sp³-hybridized carbons (Fsp3) is 0.200. The standard InChI is InChI=1S/C15H16N4OS/c1-10-5-3-4-6-12(10)9-21-15-18-17-14(19(15)16)13-7-8-20-11(13)2/h3-8H,9,16H2,1-2H3. The van der Waals surface area contributed by atoms with Crippen LogP contribution < -0.4 is 5.84 Å². The number of nitrogen functional groups attached to an aromatic ring is 1. The molecule has 3 rings (SSSR count). The topological polar surface area (TPSA) is 69.9 Å². The van der Waals surface area contributed by atoms with Gasteiger partial charge in [0.1, 0.15) is 5.76 Å². The van der Waals surface area contributed by atoms with Gasteiger partial charge in [0.2, 0.25) is 5.16 Å². The Balaban J connectivity index is 1.80. The number of aromatic nitrogens is 3. The summed E-state index contributed by atoms with van der Waals surface area (Å²) in [4.78, 5) is 0. The van der Waals surface area contributed by atoms with E-state index in [2.05, 4.69) is 29.3 Å². The molecule has 0 saturated carbocycles. The highest BCUT2D eigenvalue weighted by atomic mass is 32.2. The summed E-state index contributed by atoms with van der Waals surface area (Å²) in [5.74, 6) is 8.31. The Morgan fingerprint density at radius 3 is 2.71 bits per heavy atom. The number of hydrogen-bond donors (Lipinski definition) is 1. The first kappa shape index (κ1) is 13.8. The highest BCUT2D eigenvalue weighted by Gasteiger charge is 2.15. The molecule has 0 aliphatic rings. The maximum Gasteiger partial charge on any atom is 0.210 e. The van der Waals surface area contributed by atoms with E-state index < -0.39 is 0 Å². The van der Waals surface area contributed by atoms with Crippen LogP contribution >= 0.6 is 11.8 Å². The van der Waals surface area contributed by atoms with Gasteiger partial charge in [0.25, 0.3) is 0 Å². The molecule has 6 heteroatoms. The molecule has 2 aromatic heterocycles. The second-order valence-corrected chi connectivity index (χ2v) is 5.72. The van der Waals surface area contributed by atoms with Gasteiger partial charge in [-0.15, -0.1) is 10.2 Å². The lowest BCUT2D eigenvalue weighted by atomic mass is 10.1.